The Balaban J connectivity index is 1.73. The van der Waals surface area contributed by atoms with Crippen LogP contribution in [0.3, 0.4) is 0 Å². The number of carbonyl (C=O) groups is 1. The molecule has 0 aromatic carbocycles. The van der Waals surface area contributed by atoms with Crippen LogP contribution in [0.2, 0.25) is 0 Å². The van der Waals surface area contributed by atoms with Crippen LogP contribution < -0.4 is 26.6 Å². The number of hydrogen-bond acceptors (Lipinski definition) is 4. The monoisotopic (exact) mass is 365 g/mol. The van der Waals surface area contributed by atoms with Crippen LogP contribution in [-0.2, 0) is 0 Å². The van der Waals surface area contributed by atoms with E-state index in [1.54, 1.807) is 0 Å². The van der Waals surface area contributed by atoms with Gasteiger partial charge >= 0.3 is 12.2 Å². The van der Waals surface area contributed by atoms with Crippen molar-refractivity contribution in [2.75, 3.05) is 6.54 Å². The number of nitrogens with one attached hydrogen (secondary N) is 5. The van der Waals surface area contributed by atoms with E-state index in [1.807, 2.05) is 6.92 Å². The van der Waals surface area contributed by atoms with E-state index in [0.717, 1.165) is 19.4 Å². The summed E-state index contributed by atoms with van der Waals surface area (Å²) in [5, 5.41) is 15.5. The van der Waals surface area contributed by atoms with Crippen LogP contribution in [-0.4, -0.2) is 43.3 Å². The Hall–Kier alpha value is -1.06. The molecule has 0 aromatic rings. The van der Waals surface area contributed by atoms with E-state index in [2.05, 4.69) is 33.5 Å². The zero-order chi connectivity index (χ0) is 18.4. The molecule has 5 N–H and O–H groups in total. The van der Waals surface area contributed by atoms with E-state index < -0.39 is 12.1 Å². The second-order valence-corrected chi connectivity index (χ2v) is 7.12. The first-order chi connectivity index (χ1) is 11.8. The standard InChI is InChI=1S/C16H30F3N5O/c1-3-8-20-13-9-10(2)21-14(23-13)24-15(25)22-12-6-4-11(5-7-12)16(17,18)19/h10-14,20-21,23H,3-9H2,1-2H3,(H2,22,24,25). The molecular weight excluding hydrogens is 335 g/mol. The van der Waals surface area contributed by atoms with Crippen LogP contribution in [0.25, 0.3) is 0 Å². The fourth-order valence-corrected chi connectivity index (χ4v) is 3.49. The van der Waals surface area contributed by atoms with Crippen LogP contribution in [0.1, 0.15) is 52.4 Å². The Morgan fingerprint density at radius 1 is 1.12 bits per heavy atom. The average molecular weight is 365 g/mol. The lowest BCUT2D eigenvalue weighted by Gasteiger charge is -2.37. The van der Waals surface area contributed by atoms with Crippen molar-refractivity contribution < 1.29 is 18.0 Å². The summed E-state index contributed by atoms with van der Waals surface area (Å²) < 4.78 is 38.0. The van der Waals surface area contributed by atoms with Crippen molar-refractivity contribution in [2.45, 2.75) is 83.1 Å². The summed E-state index contributed by atoms with van der Waals surface area (Å²) in [6.45, 7) is 5.03. The molecule has 0 aromatic heterocycles. The van der Waals surface area contributed by atoms with Gasteiger partial charge in [-0.25, -0.2) is 4.79 Å². The zero-order valence-corrected chi connectivity index (χ0v) is 14.9. The minimum Gasteiger partial charge on any atom is -0.335 e. The number of carbonyl (C=O) groups excluding carboxylic acids is 1. The van der Waals surface area contributed by atoms with Crippen molar-refractivity contribution in [1.82, 2.24) is 26.6 Å². The number of halogens is 3. The smallest absolute Gasteiger partial charge is 0.335 e. The maximum atomic E-state index is 12.7. The number of hydrogen-bond donors (Lipinski definition) is 5. The lowest BCUT2D eigenvalue weighted by molar-refractivity contribution is -0.182. The van der Waals surface area contributed by atoms with Crippen molar-refractivity contribution in [3.8, 4) is 0 Å². The second kappa shape index (κ2) is 9.05. The fourth-order valence-electron chi connectivity index (χ4n) is 3.49. The maximum absolute atomic E-state index is 12.7. The summed E-state index contributed by atoms with van der Waals surface area (Å²) in [7, 11) is 0. The van der Waals surface area contributed by atoms with E-state index in [4.69, 9.17) is 0 Å². The molecule has 2 aliphatic rings. The van der Waals surface area contributed by atoms with Crippen LogP contribution >= 0.6 is 0 Å². The molecular formula is C16H30F3N5O. The molecule has 0 bridgehead atoms. The zero-order valence-electron chi connectivity index (χ0n) is 14.9. The summed E-state index contributed by atoms with van der Waals surface area (Å²) in [5.41, 5.74) is 0. The van der Waals surface area contributed by atoms with Crippen LogP contribution in [0.5, 0.6) is 0 Å². The number of rotatable bonds is 5. The third-order valence-corrected chi connectivity index (χ3v) is 4.85. The molecule has 146 valence electrons. The summed E-state index contributed by atoms with van der Waals surface area (Å²) in [5.74, 6) is -1.23. The Kier molecular flexibility index (Phi) is 7.33. The van der Waals surface area contributed by atoms with Gasteiger partial charge < -0.3 is 16.0 Å². The molecule has 1 aliphatic heterocycles. The largest absolute Gasteiger partial charge is 0.391 e. The molecule has 2 fully saturated rings. The first-order valence-corrected chi connectivity index (χ1v) is 9.17. The van der Waals surface area contributed by atoms with Gasteiger partial charge in [0, 0.05) is 12.1 Å². The van der Waals surface area contributed by atoms with E-state index >= 15 is 0 Å². The molecule has 25 heavy (non-hydrogen) atoms. The van der Waals surface area contributed by atoms with Crippen molar-refractivity contribution in [1.29, 1.82) is 0 Å². The van der Waals surface area contributed by atoms with Gasteiger partial charge in [-0.1, -0.05) is 6.92 Å². The molecule has 1 saturated carbocycles. The van der Waals surface area contributed by atoms with Crippen LogP contribution in [0.15, 0.2) is 0 Å². The Morgan fingerprint density at radius 3 is 2.40 bits per heavy atom. The number of alkyl halides is 3. The molecule has 1 aliphatic carbocycles. The Morgan fingerprint density at radius 2 is 1.80 bits per heavy atom. The lowest BCUT2D eigenvalue weighted by Crippen LogP contribution is -2.68. The van der Waals surface area contributed by atoms with Gasteiger partial charge in [0.1, 0.15) is 6.29 Å². The summed E-state index contributed by atoms with van der Waals surface area (Å²) in [6, 6.07) is -0.319. The summed E-state index contributed by atoms with van der Waals surface area (Å²) >= 11 is 0. The van der Waals surface area contributed by atoms with Crippen molar-refractivity contribution in [3.63, 3.8) is 0 Å². The molecule has 9 heteroatoms. The van der Waals surface area contributed by atoms with Gasteiger partial charge in [0.25, 0.3) is 0 Å². The van der Waals surface area contributed by atoms with Crippen molar-refractivity contribution >= 4 is 6.03 Å². The Labute approximate surface area is 147 Å². The first-order valence-electron chi connectivity index (χ1n) is 9.17. The van der Waals surface area contributed by atoms with E-state index in [0.29, 0.717) is 12.8 Å². The van der Waals surface area contributed by atoms with Gasteiger partial charge in [0.15, 0.2) is 0 Å². The topological polar surface area (TPSA) is 77.2 Å². The fraction of sp³-hybridized carbons (Fsp3) is 0.938. The second-order valence-electron chi connectivity index (χ2n) is 7.12. The quantitative estimate of drug-likeness (QED) is 0.516. The molecule has 3 unspecified atom stereocenters. The minimum absolute atomic E-state index is 0.0778. The molecule has 1 heterocycles. The molecule has 0 spiro atoms. The van der Waals surface area contributed by atoms with Gasteiger partial charge in [-0.05, 0) is 52.0 Å². The van der Waals surface area contributed by atoms with Gasteiger partial charge in [-0.15, -0.1) is 0 Å². The molecule has 2 amide bonds. The molecule has 1 saturated heterocycles. The van der Waals surface area contributed by atoms with Gasteiger partial charge in [-0.2, -0.15) is 13.2 Å². The maximum Gasteiger partial charge on any atom is 0.391 e. The summed E-state index contributed by atoms with van der Waals surface area (Å²) in [4.78, 5) is 12.1. The Bertz CT molecular complexity index is 426. The normalized spacial score (nSPS) is 33.7. The number of urea groups is 1. The lowest BCUT2D eigenvalue weighted by atomic mass is 9.86. The van der Waals surface area contributed by atoms with E-state index in [-0.39, 0.29) is 43.4 Å². The number of amides is 2. The highest BCUT2D eigenvalue weighted by molar-refractivity contribution is 5.74. The molecule has 6 nitrogen and oxygen atoms in total. The third kappa shape index (κ3) is 6.63. The highest BCUT2D eigenvalue weighted by Crippen LogP contribution is 2.37. The third-order valence-electron chi connectivity index (χ3n) is 4.85. The van der Waals surface area contributed by atoms with Gasteiger partial charge in [0.2, 0.25) is 0 Å². The predicted octanol–water partition coefficient (Wildman–Crippen LogP) is 1.99. The SMILES string of the molecule is CCCNC1CC(C)NC(NC(=O)NC2CCC(C(F)(F)F)CC2)N1. The summed E-state index contributed by atoms with van der Waals surface area (Å²) in [6.07, 6.45) is -1.57. The molecule has 2 rings (SSSR count). The van der Waals surface area contributed by atoms with Crippen molar-refractivity contribution in [3.05, 3.63) is 0 Å². The van der Waals surface area contributed by atoms with Crippen LogP contribution in [0.4, 0.5) is 18.0 Å². The first kappa shape index (κ1) is 20.3. The average Bonchev–Trinajstić information content (AvgIpc) is 2.52. The van der Waals surface area contributed by atoms with Gasteiger partial charge in [0.05, 0.1) is 12.1 Å². The highest BCUT2D eigenvalue weighted by Gasteiger charge is 2.41. The molecule has 0 radical (unpaired) electrons. The van der Waals surface area contributed by atoms with E-state index in [9.17, 15) is 18.0 Å². The van der Waals surface area contributed by atoms with Crippen LogP contribution in [0, 0.1) is 5.92 Å². The highest BCUT2D eigenvalue weighted by atomic mass is 19.4. The minimum atomic E-state index is -4.13. The van der Waals surface area contributed by atoms with Gasteiger partial charge in [-0.3, -0.25) is 10.6 Å². The predicted molar refractivity (Wildman–Crippen MR) is 89.7 cm³/mol. The van der Waals surface area contributed by atoms with E-state index in [1.165, 1.54) is 0 Å². The van der Waals surface area contributed by atoms with Crippen molar-refractivity contribution in [2.24, 2.45) is 5.92 Å². The molecule has 3 atom stereocenters.